The van der Waals surface area contributed by atoms with Crippen LogP contribution in [-0.2, 0) is 16.6 Å². The number of nitrogens with two attached hydrogens (primary N) is 1. The molecular weight excluding hydrogens is 294 g/mol. The van der Waals surface area contributed by atoms with Crippen LogP contribution in [0.3, 0.4) is 0 Å². The van der Waals surface area contributed by atoms with Gasteiger partial charge in [0.25, 0.3) is 0 Å². The van der Waals surface area contributed by atoms with Gasteiger partial charge in [-0.05, 0) is 42.8 Å². The van der Waals surface area contributed by atoms with Gasteiger partial charge in [0.2, 0.25) is 0 Å². The molecule has 2 aromatic rings. The van der Waals surface area contributed by atoms with Crippen LogP contribution in [-0.4, -0.2) is 11.3 Å². The third-order valence-corrected chi connectivity index (χ3v) is 4.73. The molecule has 0 bridgehead atoms. The molecule has 0 saturated heterocycles. The van der Waals surface area contributed by atoms with Gasteiger partial charge in [-0.15, -0.1) is 0 Å². The van der Waals surface area contributed by atoms with E-state index in [4.69, 9.17) is 22.1 Å². The Kier molecular flexibility index (Phi) is 4.68. The van der Waals surface area contributed by atoms with Crippen LogP contribution in [0.5, 0.6) is 5.75 Å². The summed E-state index contributed by atoms with van der Waals surface area (Å²) in [6.45, 7) is 1.92. The topological polar surface area (TPSA) is 52.3 Å². The summed E-state index contributed by atoms with van der Waals surface area (Å²) < 4.78 is 17.8. The van der Waals surface area contributed by atoms with Gasteiger partial charge in [0, 0.05) is 21.2 Å². The van der Waals surface area contributed by atoms with Crippen LogP contribution in [0.4, 0.5) is 5.69 Å². The van der Waals surface area contributed by atoms with Crippen LogP contribution < -0.4 is 10.5 Å². The van der Waals surface area contributed by atoms with E-state index in [-0.39, 0.29) is 0 Å². The van der Waals surface area contributed by atoms with Crippen LogP contribution in [0.2, 0.25) is 5.02 Å². The monoisotopic (exact) mass is 309 g/mol. The number of methoxy groups -OCH3 is 1. The summed E-state index contributed by atoms with van der Waals surface area (Å²) in [5.74, 6) is 1.03. The second-order valence-corrected chi connectivity index (χ2v) is 6.33. The van der Waals surface area contributed by atoms with E-state index >= 15 is 0 Å². The number of hydrogen-bond donors (Lipinski definition) is 1. The fourth-order valence-electron chi connectivity index (χ4n) is 1.94. The van der Waals surface area contributed by atoms with Crippen molar-refractivity contribution in [1.82, 2.24) is 0 Å². The summed E-state index contributed by atoms with van der Waals surface area (Å²) in [5, 5.41) is 0.599. The Morgan fingerprint density at radius 1 is 1.25 bits per heavy atom. The molecule has 1 unspecified atom stereocenters. The van der Waals surface area contributed by atoms with E-state index in [9.17, 15) is 4.21 Å². The predicted octanol–water partition coefficient (Wildman–Crippen LogP) is 3.55. The smallest absolute Gasteiger partial charge is 0.123 e. The average molecular weight is 310 g/mol. The van der Waals surface area contributed by atoms with Crippen molar-refractivity contribution < 1.29 is 8.95 Å². The van der Waals surface area contributed by atoms with Gasteiger partial charge >= 0.3 is 0 Å². The quantitative estimate of drug-likeness (QED) is 0.879. The lowest BCUT2D eigenvalue weighted by Gasteiger charge is -2.10. The largest absolute Gasteiger partial charge is 0.496 e. The van der Waals surface area contributed by atoms with E-state index < -0.39 is 10.8 Å². The molecule has 2 aromatic carbocycles. The number of anilines is 1. The maximum Gasteiger partial charge on any atom is 0.123 e. The van der Waals surface area contributed by atoms with Crippen molar-refractivity contribution in [3.8, 4) is 5.75 Å². The number of hydrogen-bond acceptors (Lipinski definition) is 3. The van der Waals surface area contributed by atoms with Gasteiger partial charge in [-0.2, -0.15) is 0 Å². The Labute approximate surface area is 126 Å². The van der Waals surface area contributed by atoms with Gasteiger partial charge in [-0.1, -0.05) is 17.7 Å². The van der Waals surface area contributed by atoms with Gasteiger partial charge in [0.1, 0.15) is 5.75 Å². The number of rotatable bonds is 4. The van der Waals surface area contributed by atoms with Gasteiger partial charge < -0.3 is 10.5 Å². The molecule has 0 spiro atoms. The second kappa shape index (κ2) is 6.29. The van der Waals surface area contributed by atoms with E-state index in [0.717, 1.165) is 16.0 Å². The molecule has 0 aliphatic rings. The molecule has 5 heteroatoms. The van der Waals surface area contributed by atoms with Crippen molar-refractivity contribution in [1.29, 1.82) is 0 Å². The first-order valence-electron chi connectivity index (χ1n) is 6.08. The molecule has 0 amide bonds. The molecule has 3 nitrogen and oxygen atoms in total. The first kappa shape index (κ1) is 14.9. The van der Waals surface area contributed by atoms with Crippen LogP contribution in [0.1, 0.15) is 11.1 Å². The molecule has 0 heterocycles. The second-order valence-electron chi connectivity index (χ2n) is 4.47. The Balaban J connectivity index is 2.32. The van der Waals surface area contributed by atoms with E-state index in [2.05, 4.69) is 0 Å². The number of nitrogen functional groups attached to an aromatic ring is 1. The molecule has 0 aliphatic carbocycles. The molecule has 0 radical (unpaired) electrons. The highest BCUT2D eigenvalue weighted by Crippen LogP contribution is 2.26. The highest BCUT2D eigenvalue weighted by Gasteiger charge is 2.12. The van der Waals surface area contributed by atoms with Gasteiger partial charge in [0.05, 0.1) is 23.7 Å². The number of benzene rings is 2. The van der Waals surface area contributed by atoms with E-state index in [1.54, 1.807) is 37.4 Å². The van der Waals surface area contributed by atoms with Crippen molar-refractivity contribution in [2.24, 2.45) is 0 Å². The average Bonchev–Trinajstić information content (AvgIpc) is 2.41. The normalized spacial score (nSPS) is 12.2. The van der Waals surface area contributed by atoms with Crippen molar-refractivity contribution in [2.45, 2.75) is 17.6 Å². The first-order chi connectivity index (χ1) is 9.51. The molecule has 2 N–H and O–H groups in total. The molecule has 0 aliphatic heterocycles. The number of ether oxygens (including phenoxy) is 1. The zero-order valence-electron chi connectivity index (χ0n) is 11.4. The molecule has 106 valence electrons. The summed E-state index contributed by atoms with van der Waals surface area (Å²) >= 11 is 5.99. The van der Waals surface area contributed by atoms with E-state index in [0.29, 0.717) is 22.2 Å². The Morgan fingerprint density at radius 2 is 2.00 bits per heavy atom. The van der Waals surface area contributed by atoms with Crippen molar-refractivity contribution >= 4 is 28.1 Å². The van der Waals surface area contributed by atoms with Crippen LogP contribution in [0.25, 0.3) is 0 Å². The summed E-state index contributed by atoms with van der Waals surface area (Å²) in [6.07, 6.45) is 0. The lowest BCUT2D eigenvalue weighted by Crippen LogP contribution is -2.02. The number of halogens is 1. The molecule has 0 saturated carbocycles. The summed E-state index contributed by atoms with van der Waals surface area (Å²) in [7, 11) is 0.390. The molecule has 1 atom stereocenters. The molecule has 0 fully saturated rings. The first-order valence-corrected chi connectivity index (χ1v) is 7.78. The third-order valence-electron chi connectivity index (χ3n) is 2.99. The minimum absolute atomic E-state index is 0.341. The van der Waals surface area contributed by atoms with Crippen molar-refractivity contribution in [3.05, 3.63) is 52.5 Å². The highest BCUT2D eigenvalue weighted by atomic mass is 35.5. The van der Waals surface area contributed by atoms with Crippen LogP contribution in [0, 0.1) is 6.92 Å². The summed E-state index contributed by atoms with van der Waals surface area (Å²) in [4.78, 5) is 0.743. The maximum absolute atomic E-state index is 12.5. The van der Waals surface area contributed by atoms with Crippen LogP contribution in [0.15, 0.2) is 41.3 Å². The standard InChI is InChI=1S/C15H16ClNO2S/c1-10-3-5-13(17)8-15(10)20(18)9-11-7-12(16)4-6-14(11)19-2/h3-8H,9,17H2,1-2H3. The maximum atomic E-state index is 12.5. The highest BCUT2D eigenvalue weighted by molar-refractivity contribution is 7.84. The Hall–Kier alpha value is -1.52. The number of aryl methyl sites for hydroxylation is 1. The van der Waals surface area contributed by atoms with Crippen molar-refractivity contribution in [3.63, 3.8) is 0 Å². The minimum atomic E-state index is -1.20. The molecule has 20 heavy (non-hydrogen) atoms. The van der Waals surface area contributed by atoms with Crippen LogP contribution >= 0.6 is 11.6 Å². The lowest BCUT2D eigenvalue weighted by atomic mass is 10.2. The zero-order chi connectivity index (χ0) is 14.7. The molecule has 2 rings (SSSR count). The minimum Gasteiger partial charge on any atom is -0.496 e. The van der Waals surface area contributed by atoms with E-state index in [1.807, 2.05) is 13.0 Å². The van der Waals surface area contributed by atoms with Gasteiger partial charge in [-0.3, -0.25) is 4.21 Å². The fourth-order valence-corrected chi connectivity index (χ4v) is 3.49. The Morgan fingerprint density at radius 3 is 2.70 bits per heavy atom. The Bertz CT molecular complexity index is 658. The third kappa shape index (κ3) is 3.32. The predicted molar refractivity (Wildman–Crippen MR) is 83.7 cm³/mol. The van der Waals surface area contributed by atoms with Gasteiger partial charge in [0.15, 0.2) is 0 Å². The molecule has 0 aromatic heterocycles. The molecular formula is C15H16ClNO2S. The fraction of sp³-hybridized carbons (Fsp3) is 0.200. The van der Waals surface area contributed by atoms with Crippen molar-refractivity contribution in [2.75, 3.05) is 12.8 Å². The zero-order valence-corrected chi connectivity index (χ0v) is 12.9. The summed E-state index contributed by atoms with van der Waals surface area (Å²) in [6, 6.07) is 10.7. The SMILES string of the molecule is COc1ccc(Cl)cc1CS(=O)c1cc(N)ccc1C. The summed E-state index contributed by atoms with van der Waals surface area (Å²) in [5.41, 5.74) is 8.14. The lowest BCUT2D eigenvalue weighted by molar-refractivity contribution is 0.411. The van der Waals surface area contributed by atoms with Gasteiger partial charge in [-0.25, -0.2) is 0 Å². The van der Waals surface area contributed by atoms with E-state index in [1.165, 1.54) is 0 Å².